The fraction of sp³-hybridized carbons (Fsp3) is 0.278. The summed E-state index contributed by atoms with van der Waals surface area (Å²) in [7, 11) is 0. The van der Waals surface area contributed by atoms with E-state index >= 15 is 0 Å². The van der Waals surface area contributed by atoms with Gasteiger partial charge in [0, 0.05) is 0 Å². The summed E-state index contributed by atoms with van der Waals surface area (Å²) >= 11 is 0. The van der Waals surface area contributed by atoms with Crippen LogP contribution < -0.4 is 4.74 Å². The average Bonchev–Trinajstić information content (AvgIpc) is 2.52. The second kappa shape index (κ2) is 7.35. The molecule has 0 radical (unpaired) electrons. The van der Waals surface area contributed by atoms with E-state index in [0.29, 0.717) is 12.2 Å². The topological polar surface area (TPSA) is 33.0 Å². The van der Waals surface area contributed by atoms with Gasteiger partial charge in [0.25, 0.3) is 0 Å². The van der Waals surface area contributed by atoms with Gasteiger partial charge in [-0.15, -0.1) is 0 Å². The summed E-state index contributed by atoms with van der Waals surface area (Å²) in [5.74, 6) is 0.868. The molecule has 0 unspecified atom stereocenters. The minimum Gasteiger partial charge on any atom is -0.489 e. The molecular formula is C18H19NO. The van der Waals surface area contributed by atoms with Gasteiger partial charge in [-0.25, -0.2) is 0 Å². The first-order valence-electron chi connectivity index (χ1n) is 7.02. The lowest BCUT2D eigenvalue weighted by Crippen LogP contribution is -1.96. The third-order valence-corrected chi connectivity index (χ3v) is 3.20. The maximum Gasteiger partial charge on any atom is 0.119 e. The quantitative estimate of drug-likeness (QED) is 0.771. The van der Waals surface area contributed by atoms with Crippen LogP contribution in [0.4, 0.5) is 0 Å². The number of unbranched alkanes of at least 4 members (excludes halogenated alkanes) is 1. The van der Waals surface area contributed by atoms with Crippen molar-refractivity contribution >= 4 is 0 Å². The van der Waals surface area contributed by atoms with Crippen molar-refractivity contribution in [3.63, 3.8) is 0 Å². The van der Waals surface area contributed by atoms with Gasteiger partial charge in [-0.1, -0.05) is 37.6 Å². The molecule has 20 heavy (non-hydrogen) atoms. The molecule has 0 N–H and O–H groups in total. The number of nitriles is 1. The van der Waals surface area contributed by atoms with Crippen LogP contribution in [-0.2, 0) is 13.0 Å². The van der Waals surface area contributed by atoms with Crippen molar-refractivity contribution in [1.82, 2.24) is 0 Å². The van der Waals surface area contributed by atoms with E-state index < -0.39 is 0 Å². The first-order valence-corrected chi connectivity index (χ1v) is 7.02. The highest BCUT2D eigenvalue weighted by atomic mass is 16.5. The van der Waals surface area contributed by atoms with Crippen LogP contribution in [0.2, 0.25) is 0 Å². The van der Waals surface area contributed by atoms with Crippen molar-refractivity contribution in [2.75, 3.05) is 0 Å². The fourth-order valence-corrected chi connectivity index (χ4v) is 2.03. The number of benzene rings is 2. The second-order valence-electron chi connectivity index (χ2n) is 4.85. The molecule has 0 aliphatic rings. The molecule has 0 atom stereocenters. The third-order valence-electron chi connectivity index (χ3n) is 3.20. The molecule has 2 aromatic carbocycles. The Labute approximate surface area is 120 Å². The van der Waals surface area contributed by atoms with Gasteiger partial charge in [-0.2, -0.15) is 5.26 Å². The van der Waals surface area contributed by atoms with Gasteiger partial charge in [-0.05, 0) is 48.2 Å². The predicted molar refractivity (Wildman–Crippen MR) is 80.5 cm³/mol. The standard InChI is InChI=1S/C18H19NO/c1-2-3-5-15-8-10-18(11-9-15)20-14-17-7-4-6-16(12-17)13-19/h4,6-12H,2-3,5,14H2,1H3. The average molecular weight is 265 g/mol. The van der Waals surface area contributed by atoms with E-state index in [4.69, 9.17) is 10.00 Å². The molecule has 2 aromatic rings. The molecule has 102 valence electrons. The van der Waals surface area contributed by atoms with Crippen LogP contribution in [0, 0.1) is 11.3 Å². The van der Waals surface area contributed by atoms with Gasteiger partial charge in [0.2, 0.25) is 0 Å². The molecular weight excluding hydrogens is 246 g/mol. The van der Waals surface area contributed by atoms with Crippen LogP contribution in [0.15, 0.2) is 48.5 Å². The number of ether oxygens (including phenoxy) is 1. The van der Waals surface area contributed by atoms with Crippen LogP contribution >= 0.6 is 0 Å². The number of rotatable bonds is 6. The second-order valence-corrected chi connectivity index (χ2v) is 4.85. The fourth-order valence-electron chi connectivity index (χ4n) is 2.03. The predicted octanol–water partition coefficient (Wildman–Crippen LogP) is 4.48. The zero-order valence-electron chi connectivity index (χ0n) is 11.8. The minimum absolute atomic E-state index is 0.490. The summed E-state index contributed by atoms with van der Waals surface area (Å²) in [4.78, 5) is 0. The van der Waals surface area contributed by atoms with Gasteiger partial charge < -0.3 is 4.74 Å². The van der Waals surface area contributed by atoms with E-state index in [1.807, 2.05) is 30.3 Å². The van der Waals surface area contributed by atoms with Crippen molar-refractivity contribution in [2.45, 2.75) is 32.8 Å². The summed E-state index contributed by atoms with van der Waals surface area (Å²) < 4.78 is 5.74. The highest BCUT2D eigenvalue weighted by molar-refractivity contribution is 5.33. The lowest BCUT2D eigenvalue weighted by atomic mass is 10.1. The van der Waals surface area contributed by atoms with Crippen LogP contribution in [-0.4, -0.2) is 0 Å². The van der Waals surface area contributed by atoms with Crippen molar-refractivity contribution in [1.29, 1.82) is 5.26 Å². The van der Waals surface area contributed by atoms with E-state index in [9.17, 15) is 0 Å². The third kappa shape index (κ3) is 4.13. The van der Waals surface area contributed by atoms with Crippen LogP contribution in [0.5, 0.6) is 5.75 Å². The van der Waals surface area contributed by atoms with Gasteiger partial charge in [-0.3, -0.25) is 0 Å². The lowest BCUT2D eigenvalue weighted by molar-refractivity contribution is 0.306. The lowest BCUT2D eigenvalue weighted by Gasteiger charge is -2.07. The smallest absolute Gasteiger partial charge is 0.119 e. The normalized spacial score (nSPS) is 10.0. The summed E-state index contributed by atoms with van der Waals surface area (Å²) in [6.45, 7) is 2.69. The summed E-state index contributed by atoms with van der Waals surface area (Å²) in [5, 5.41) is 8.86. The maximum absolute atomic E-state index is 8.86. The van der Waals surface area contributed by atoms with Gasteiger partial charge >= 0.3 is 0 Å². The number of hydrogen-bond acceptors (Lipinski definition) is 2. The Balaban J connectivity index is 1.92. The largest absolute Gasteiger partial charge is 0.489 e. The van der Waals surface area contributed by atoms with Crippen LogP contribution in [0.25, 0.3) is 0 Å². The molecule has 0 fully saturated rings. The molecule has 0 aliphatic heterocycles. The highest BCUT2D eigenvalue weighted by Crippen LogP contribution is 2.16. The molecule has 0 saturated carbocycles. The molecule has 0 heterocycles. The van der Waals surface area contributed by atoms with Gasteiger partial charge in [0.1, 0.15) is 12.4 Å². The molecule has 0 spiro atoms. The molecule has 2 heteroatoms. The molecule has 2 rings (SSSR count). The first kappa shape index (κ1) is 14.1. The van der Waals surface area contributed by atoms with Crippen molar-refractivity contribution in [3.8, 4) is 11.8 Å². The van der Waals surface area contributed by atoms with Crippen LogP contribution in [0.1, 0.15) is 36.5 Å². The summed E-state index contributed by atoms with van der Waals surface area (Å²) in [6, 6.07) is 17.9. The zero-order valence-corrected chi connectivity index (χ0v) is 11.8. The maximum atomic E-state index is 8.86. The first-order chi connectivity index (χ1) is 9.81. The monoisotopic (exact) mass is 265 g/mol. The van der Waals surface area contributed by atoms with Crippen molar-refractivity contribution in [2.24, 2.45) is 0 Å². The van der Waals surface area contributed by atoms with Gasteiger partial charge in [0.15, 0.2) is 0 Å². The Kier molecular flexibility index (Phi) is 5.20. The molecule has 0 saturated heterocycles. The van der Waals surface area contributed by atoms with E-state index in [-0.39, 0.29) is 0 Å². The minimum atomic E-state index is 0.490. The number of aryl methyl sites for hydroxylation is 1. The van der Waals surface area contributed by atoms with E-state index in [1.165, 1.54) is 18.4 Å². The van der Waals surface area contributed by atoms with Crippen LogP contribution in [0.3, 0.4) is 0 Å². The Morgan fingerprint density at radius 2 is 1.85 bits per heavy atom. The Morgan fingerprint density at radius 3 is 2.55 bits per heavy atom. The zero-order chi connectivity index (χ0) is 14.2. The Bertz CT molecular complexity index is 581. The van der Waals surface area contributed by atoms with E-state index in [2.05, 4.69) is 25.1 Å². The van der Waals surface area contributed by atoms with Crippen molar-refractivity contribution in [3.05, 3.63) is 65.2 Å². The SMILES string of the molecule is CCCCc1ccc(OCc2cccc(C#N)c2)cc1. The number of hydrogen-bond donors (Lipinski definition) is 0. The summed E-state index contributed by atoms with van der Waals surface area (Å²) in [5.41, 5.74) is 3.03. The summed E-state index contributed by atoms with van der Waals surface area (Å²) in [6.07, 6.45) is 3.57. The van der Waals surface area contributed by atoms with Crippen molar-refractivity contribution < 1.29 is 4.74 Å². The van der Waals surface area contributed by atoms with E-state index in [1.54, 1.807) is 6.07 Å². The molecule has 0 amide bonds. The van der Waals surface area contributed by atoms with Gasteiger partial charge in [0.05, 0.1) is 11.6 Å². The molecule has 0 bridgehead atoms. The number of nitrogens with zero attached hydrogens (tertiary/aromatic N) is 1. The van der Waals surface area contributed by atoms with E-state index in [0.717, 1.165) is 17.7 Å². The Morgan fingerprint density at radius 1 is 1.05 bits per heavy atom. The highest BCUT2D eigenvalue weighted by Gasteiger charge is 1.98. The molecule has 0 aliphatic carbocycles. The molecule has 2 nitrogen and oxygen atoms in total. The molecule has 0 aromatic heterocycles. The Hall–Kier alpha value is -2.27.